The summed E-state index contributed by atoms with van der Waals surface area (Å²) < 4.78 is 27.6. The number of nitrogens with zero attached hydrogens (tertiary/aromatic N) is 3. The first kappa shape index (κ1) is 48.7. The van der Waals surface area contributed by atoms with Crippen molar-refractivity contribution >= 4 is 35.9 Å². The molecule has 1 unspecified atom stereocenters. The molecule has 55 heavy (non-hydrogen) atoms. The molecule has 0 radical (unpaired) electrons. The quantitative estimate of drug-likeness (QED) is 0.0782. The van der Waals surface area contributed by atoms with Gasteiger partial charge >= 0.3 is 35.9 Å². The summed E-state index contributed by atoms with van der Waals surface area (Å²) in [5.41, 5.74) is -1.64. The van der Waals surface area contributed by atoms with Crippen LogP contribution in [-0.2, 0) is 54.3 Å². The van der Waals surface area contributed by atoms with E-state index in [0.717, 1.165) is 5.56 Å². The van der Waals surface area contributed by atoms with Crippen LogP contribution >= 0.6 is 0 Å². The Morgan fingerprint density at radius 3 is 1.67 bits per heavy atom. The van der Waals surface area contributed by atoms with Gasteiger partial charge in [-0.2, -0.15) is 0 Å². The Balaban J connectivity index is 3.22. The van der Waals surface area contributed by atoms with Crippen LogP contribution in [0, 0.1) is 0 Å². The molecule has 1 atom stereocenters. The lowest BCUT2D eigenvalue weighted by molar-refractivity contribution is -0.160. The van der Waals surface area contributed by atoms with Gasteiger partial charge in [0.05, 0.1) is 39.3 Å². The number of carbonyl (C=O) groups excluding carboxylic acids is 4. The van der Waals surface area contributed by atoms with Crippen LogP contribution in [0.3, 0.4) is 0 Å². The number of carbonyl (C=O) groups is 6. The van der Waals surface area contributed by atoms with Crippen LogP contribution in [0.2, 0.25) is 0 Å². The molecule has 0 fully saturated rings. The van der Waals surface area contributed by atoms with Crippen molar-refractivity contribution in [2.24, 2.45) is 0 Å². The van der Waals surface area contributed by atoms with Crippen LogP contribution < -0.4 is 5.32 Å². The number of carboxylic acid groups (broad SMARTS) is 2. The number of ether oxygens (including phenoxy) is 5. The number of benzene rings is 1. The van der Waals surface area contributed by atoms with E-state index in [4.69, 9.17) is 23.7 Å². The topological polar surface area (TPSA) is 211 Å². The second kappa shape index (κ2) is 23.6. The molecular formula is C38H62N4O13. The molecule has 0 aliphatic heterocycles. The van der Waals surface area contributed by atoms with Gasteiger partial charge in [0, 0.05) is 38.8 Å². The van der Waals surface area contributed by atoms with Gasteiger partial charge in [-0.3, -0.25) is 38.7 Å². The molecule has 1 aromatic rings. The normalized spacial score (nSPS) is 12.7. The van der Waals surface area contributed by atoms with Gasteiger partial charge in [0.1, 0.15) is 23.4 Å². The van der Waals surface area contributed by atoms with Crippen molar-refractivity contribution in [1.82, 2.24) is 20.0 Å². The first-order chi connectivity index (χ1) is 25.4. The third-order valence-corrected chi connectivity index (χ3v) is 6.97. The number of rotatable bonds is 24. The summed E-state index contributed by atoms with van der Waals surface area (Å²) >= 11 is 0. The van der Waals surface area contributed by atoms with Crippen LogP contribution in [0.25, 0.3) is 0 Å². The van der Waals surface area contributed by atoms with E-state index in [-0.39, 0.29) is 59.1 Å². The number of esters is 3. The maximum Gasteiger partial charge on any atom is 0.407 e. The molecule has 17 nitrogen and oxygen atoms in total. The third-order valence-electron chi connectivity index (χ3n) is 6.97. The molecule has 1 rings (SSSR count). The van der Waals surface area contributed by atoms with Gasteiger partial charge in [0.15, 0.2) is 0 Å². The Kier molecular flexibility index (Phi) is 20.9. The number of carboxylic acids is 2. The second-order valence-electron chi connectivity index (χ2n) is 16.0. The first-order valence-corrected chi connectivity index (χ1v) is 18.2. The molecule has 0 bridgehead atoms. The fourth-order valence-electron chi connectivity index (χ4n) is 4.99. The van der Waals surface area contributed by atoms with Crippen molar-refractivity contribution in [3.8, 4) is 0 Å². The van der Waals surface area contributed by atoms with Crippen molar-refractivity contribution in [3.05, 3.63) is 35.9 Å². The highest BCUT2D eigenvalue weighted by Crippen LogP contribution is 2.13. The van der Waals surface area contributed by atoms with Gasteiger partial charge in [-0.15, -0.1) is 0 Å². The number of amides is 1. The van der Waals surface area contributed by atoms with E-state index in [1.165, 1.54) is 9.80 Å². The molecule has 0 aliphatic carbocycles. The van der Waals surface area contributed by atoms with Crippen LogP contribution in [-0.4, -0.2) is 156 Å². The van der Waals surface area contributed by atoms with E-state index in [2.05, 4.69) is 5.32 Å². The van der Waals surface area contributed by atoms with Crippen molar-refractivity contribution < 1.29 is 62.7 Å². The zero-order valence-electron chi connectivity index (χ0n) is 33.9. The molecule has 0 aliphatic rings. The minimum atomic E-state index is -1.23. The number of hydrogen-bond donors (Lipinski definition) is 3. The second-order valence-corrected chi connectivity index (χ2v) is 16.0. The lowest BCUT2D eigenvalue weighted by Gasteiger charge is -2.35. The van der Waals surface area contributed by atoms with Gasteiger partial charge in [-0.05, 0) is 74.3 Å². The standard InChI is InChI=1S/C38H62N4O13/c1-36(2,3)53-32(47)23-40(17-18-41(21-30(43)44)24-33(48)54-37(4,5)6)20-29(42(22-31(45)46)25-34(49)55-38(7,8)9)27-51-19-13-16-39-35(50)52-26-28-14-11-10-12-15-28/h10-12,14-15,29H,13,16-27H2,1-9H3,(H,39,50)(H,43,44)(H,45,46). The summed E-state index contributed by atoms with van der Waals surface area (Å²) in [5, 5.41) is 22.0. The summed E-state index contributed by atoms with van der Waals surface area (Å²) in [6.45, 7) is 13.5. The highest BCUT2D eigenvalue weighted by atomic mass is 16.6. The molecule has 0 saturated carbocycles. The zero-order chi connectivity index (χ0) is 41.8. The van der Waals surface area contributed by atoms with Crippen LogP contribution in [0.4, 0.5) is 4.79 Å². The monoisotopic (exact) mass is 782 g/mol. The largest absolute Gasteiger partial charge is 0.480 e. The molecule has 0 saturated heterocycles. The van der Waals surface area contributed by atoms with E-state index < -0.39 is 78.4 Å². The molecule has 17 heteroatoms. The Bertz CT molecular complexity index is 1370. The minimum Gasteiger partial charge on any atom is -0.480 e. The average molecular weight is 783 g/mol. The van der Waals surface area contributed by atoms with E-state index in [1.807, 2.05) is 30.3 Å². The maximum atomic E-state index is 13.1. The van der Waals surface area contributed by atoms with Gasteiger partial charge in [-0.25, -0.2) is 4.79 Å². The van der Waals surface area contributed by atoms with Crippen LogP contribution in [0.15, 0.2) is 30.3 Å². The summed E-state index contributed by atoms with van der Waals surface area (Å²) in [6.07, 6.45) is -0.234. The predicted octanol–water partition coefficient (Wildman–Crippen LogP) is 2.79. The molecule has 312 valence electrons. The lowest BCUT2D eigenvalue weighted by atomic mass is 10.2. The van der Waals surface area contributed by atoms with E-state index in [1.54, 1.807) is 67.2 Å². The number of aliphatic carboxylic acids is 2. The summed E-state index contributed by atoms with van der Waals surface area (Å²) in [6, 6.07) is 8.38. The van der Waals surface area contributed by atoms with E-state index in [9.17, 15) is 39.0 Å². The Labute approximate surface area is 324 Å². The average Bonchev–Trinajstić information content (AvgIpc) is 3.00. The third kappa shape index (κ3) is 26.2. The first-order valence-electron chi connectivity index (χ1n) is 18.2. The van der Waals surface area contributed by atoms with Gasteiger partial charge in [0.2, 0.25) is 0 Å². The smallest absolute Gasteiger partial charge is 0.407 e. The van der Waals surface area contributed by atoms with Crippen molar-refractivity contribution in [3.63, 3.8) is 0 Å². The molecule has 1 amide bonds. The highest BCUT2D eigenvalue weighted by molar-refractivity contribution is 5.75. The van der Waals surface area contributed by atoms with Gasteiger partial charge in [0.25, 0.3) is 0 Å². The molecular weight excluding hydrogens is 720 g/mol. The van der Waals surface area contributed by atoms with Crippen LogP contribution in [0.5, 0.6) is 0 Å². The molecule has 0 spiro atoms. The Morgan fingerprint density at radius 2 is 1.16 bits per heavy atom. The maximum absolute atomic E-state index is 13.1. The molecule has 0 aromatic heterocycles. The molecule has 0 heterocycles. The van der Waals surface area contributed by atoms with Crippen molar-refractivity contribution in [1.29, 1.82) is 0 Å². The van der Waals surface area contributed by atoms with E-state index in [0.29, 0.717) is 6.42 Å². The zero-order valence-corrected chi connectivity index (χ0v) is 33.9. The van der Waals surface area contributed by atoms with Crippen molar-refractivity contribution in [2.45, 2.75) is 98.2 Å². The Morgan fingerprint density at radius 1 is 0.673 bits per heavy atom. The summed E-state index contributed by atoms with van der Waals surface area (Å²) in [7, 11) is 0. The number of hydrogen-bond acceptors (Lipinski definition) is 14. The number of nitrogens with one attached hydrogen (secondary N) is 1. The fourth-order valence-corrected chi connectivity index (χ4v) is 4.99. The Hall–Kier alpha value is -4.32. The van der Waals surface area contributed by atoms with E-state index >= 15 is 0 Å². The summed E-state index contributed by atoms with van der Waals surface area (Å²) in [5.74, 6) is -4.33. The minimum absolute atomic E-state index is 0.00104. The van der Waals surface area contributed by atoms with Gasteiger partial charge < -0.3 is 39.2 Å². The highest BCUT2D eigenvalue weighted by Gasteiger charge is 2.30. The molecule has 3 N–H and O–H groups in total. The van der Waals surface area contributed by atoms with Gasteiger partial charge in [-0.1, -0.05) is 30.3 Å². The van der Waals surface area contributed by atoms with Crippen LogP contribution in [0.1, 0.15) is 74.3 Å². The molecule has 1 aromatic carbocycles. The lowest BCUT2D eigenvalue weighted by Crippen LogP contribution is -2.53. The van der Waals surface area contributed by atoms with Crippen molar-refractivity contribution in [2.75, 3.05) is 72.1 Å². The number of alkyl carbamates (subject to hydrolysis) is 1. The SMILES string of the molecule is CC(C)(C)OC(=O)CN(CCN(CC(=O)OC(C)(C)C)CC(COCCCNC(=O)OCc1ccccc1)N(CC(=O)O)CC(=O)OC(C)(C)C)CC(=O)O. The summed E-state index contributed by atoms with van der Waals surface area (Å²) in [4.78, 5) is 79.0. The predicted molar refractivity (Wildman–Crippen MR) is 201 cm³/mol. The fraction of sp³-hybridized carbons (Fsp3) is 0.684.